The van der Waals surface area contributed by atoms with Crippen LogP contribution >= 0.6 is 11.6 Å². The number of nitrogens with one attached hydrogen (secondary N) is 2. The lowest BCUT2D eigenvalue weighted by atomic mass is 9.89. The number of carbonyl (C=O) groups is 2. The lowest BCUT2D eigenvalue weighted by Gasteiger charge is -2.23. The summed E-state index contributed by atoms with van der Waals surface area (Å²) in [7, 11) is 0. The minimum atomic E-state index is -0.157. The summed E-state index contributed by atoms with van der Waals surface area (Å²) in [6.45, 7) is 2.43. The number of aromatic nitrogens is 2. The van der Waals surface area contributed by atoms with Gasteiger partial charge in [-0.1, -0.05) is 11.6 Å². The van der Waals surface area contributed by atoms with Crippen LogP contribution in [-0.4, -0.2) is 34.4 Å². The highest BCUT2D eigenvalue weighted by atomic mass is 35.5. The van der Waals surface area contributed by atoms with Gasteiger partial charge in [0.25, 0.3) is 0 Å². The summed E-state index contributed by atoms with van der Waals surface area (Å²) < 4.78 is 0. The molecular weight excluding hydrogens is 352 g/mol. The lowest BCUT2D eigenvalue weighted by molar-refractivity contribution is -0.126. The van der Waals surface area contributed by atoms with E-state index in [1.807, 2.05) is 19.1 Å². The molecule has 2 amide bonds. The molecule has 2 N–H and O–H groups in total. The average Bonchev–Trinajstić information content (AvgIpc) is 3.16. The molecule has 0 radical (unpaired) electrons. The molecule has 1 aromatic carbocycles. The van der Waals surface area contributed by atoms with E-state index in [0.29, 0.717) is 24.4 Å². The van der Waals surface area contributed by atoms with Crippen LogP contribution in [0.25, 0.3) is 0 Å². The first-order valence-corrected chi connectivity index (χ1v) is 9.28. The number of fused-ring (bicyclic) bond motifs is 1. The van der Waals surface area contributed by atoms with E-state index in [1.165, 1.54) is 0 Å². The molecule has 7 heteroatoms. The first-order chi connectivity index (χ1) is 12.5. The SMILES string of the molecule is Cc1nc2c([nH]1)CC(C(=O)NC1CC(=O)N(c3ccc(Cl)cc3)C1)CC2. The maximum Gasteiger partial charge on any atom is 0.229 e. The van der Waals surface area contributed by atoms with Crippen molar-refractivity contribution < 1.29 is 9.59 Å². The summed E-state index contributed by atoms with van der Waals surface area (Å²) in [5, 5.41) is 3.70. The van der Waals surface area contributed by atoms with Crippen molar-refractivity contribution in [3.05, 3.63) is 46.5 Å². The minimum absolute atomic E-state index is 0.0211. The third-order valence-corrected chi connectivity index (χ3v) is 5.40. The van der Waals surface area contributed by atoms with Crippen molar-refractivity contribution in [2.75, 3.05) is 11.4 Å². The van der Waals surface area contributed by atoms with Crippen LogP contribution in [0.2, 0.25) is 5.02 Å². The first-order valence-electron chi connectivity index (χ1n) is 8.90. The Bertz CT molecular complexity index is 846. The van der Waals surface area contributed by atoms with Gasteiger partial charge >= 0.3 is 0 Å². The summed E-state index contributed by atoms with van der Waals surface area (Å²) in [5.74, 6) is 0.879. The molecule has 2 heterocycles. The minimum Gasteiger partial charge on any atom is -0.351 e. The van der Waals surface area contributed by atoms with E-state index in [0.717, 1.165) is 35.7 Å². The predicted octanol–water partition coefficient (Wildman–Crippen LogP) is 2.40. The van der Waals surface area contributed by atoms with Crippen molar-refractivity contribution >= 4 is 29.1 Å². The second-order valence-electron chi connectivity index (χ2n) is 7.08. The van der Waals surface area contributed by atoms with Crippen molar-refractivity contribution in [2.45, 2.75) is 38.6 Å². The molecule has 2 unspecified atom stereocenters. The van der Waals surface area contributed by atoms with Crippen molar-refractivity contribution in [2.24, 2.45) is 5.92 Å². The fourth-order valence-electron chi connectivity index (χ4n) is 3.84. The molecule has 2 atom stereocenters. The van der Waals surface area contributed by atoms with Gasteiger partial charge in [0.2, 0.25) is 11.8 Å². The number of nitrogens with zero attached hydrogens (tertiary/aromatic N) is 2. The Kier molecular flexibility index (Phi) is 4.44. The molecule has 6 nitrogen and oxygen atoms in total. The van der Waals surface area contributed by atoms with Crippen LogP contribution in [0.3, 0.4) is 0 Å². The number of benzene rings is 1. The second-order valence-corrected chi connectivity index (χ2v) is 7.51. The highest BCUT2D eigenvalue weighted by molar-refractivity contribution is 6.30. The van der Waals surface area contributed by atoms with Gasteiger partial charge in [0, 0.05) is 41.7 Å². The fourth-order valence-corrected chi connectivity index (χ4v) is 3.97. The fraction of sp³-hybridized carbons (Fsp3) is 0.421. The van der Waals surface area contributed by atoms with Gasteiger partial charge in [-0.15, -0.1) is 0 Å². The van der Waals surface area contributed by atoms with Crippen LogP contribution < -0.4 is 10.2 Å². The van der Waals surface area contributed by atoms with Gasteiger partial charge < -0.3 is 15.2 Å². The normalized spacial score (nSPS) is 22.4. The third kappa shape index (κ3) is 3.33. The Hall–Kier alpha value is -2.34. The number of anilines is 1. The lowest BCUT2D eigenvalue weighted by Crippen LogP contribution is -2.42. The number of H-pyrrole nitrogens is 1. The number of carbonyl (C=O) groups excluding carboxylic acids is 2. The molecule has 0 spiro atoms. The summed E-state index contributed by atoms with van der Waals surface area (Å²) in [4.78, 5) is 34.4. The van der Waals surface area contributed by atoms with Gasteiger partial charge in [-0.05, 0) is 44.0 Å². The second kappa shape index (κ2) is 6.76. The van der Waals surface area contributed by atoms with E-state index in [-0.39, 0.29) is 23.8 Å². The Morgan fingerprint density at radius 1 is 1.31 bits per heavy atom. The van der Waals surface area contributed by atoms with Crippen LogP contribution in [0.15, 0.2) is 24.3 Å². The molecule has 26 heavy (non-hydrogen) atoms. The van der Waals surface area contributed by atoms with Crippen LogP contribution in [0.5, 0.6) is 0 Å². The van der Waals surface area contributed by atoms with Gasteiger partial charge in [0.05, 0.1) is 11.7 Å². The van der Waals surface area contributed by atoms with E-state index in [2.05, 4.69) is 15.3 Å². The molecule has 136 valence electrons. The Morgan fingerprint density at radius 3 is 2.85 bits per heavy atom. The maximum absolute atomic E-state index is 12.7. The Balaban J connectivity index is 1.38. The quantitative estimate of drug-likeness (QED) is 0.868. The summed E-state index contributed by atoms with van der Waals surface area (Å²) in [5.41, 5.74) is 2.96. The maximum atomic E-state index is 12.7. The van der Waals surface area contributed by atoms with E-state index < -0.39 is 0 Å². The van der Waals surface area contributed by atoms with Gasteiger partial charge in [-0.3, -0.25) is 9.59 Å². The van der Waals surface area contributed by atoms with Crippen LogP contribution in [0, 0.1) is 12.8 Å². The standard InChI is InChI=1S/C19H21ClN4O2/c1-11-21-16-7-2-12(8-17(16)22-11)19(26)23-14-9-18(25)24(10-14)15-5-3-13(20)4-6-15/h3-6,12,14H,2,7-10H2,1H3,(H,21,22)(H,23,26). The monoisotopic (exact) mass is 372 g/mol. The molecule has 1 aliphatic heterocycles. The van der Waals surface area contributed by atoms with E-state index in [1.54, 1.807) is 17.0 Å². The van der Waals surface area contributed by atoms with Gasteiger partial charge in [-0.25, -0.2) is 4.98 Å². The number of aryl methyl sites for hydroxylation is 2. The predicted molar refractivity (Wildman–Crippen MR) is 99.2 cm³/mol. The molecule has 1 aromatic heterocycles. The Morgan fingerprint density at radius 2 is 2.08 bits per heavy atom. The van der Waals surface area contributed by atoms with E-state index in [4.69, 9.17) is 11.6 Å². The van der Waals surface area contributed by atoms with Crippen LogP contribution in [-0.2, 0) is 22.4 Å². The molecule has 4 rings (SSSR count). The number of halogens is 1. The first kappa shape index (κ1) is 17.1. The average molecular weight is 373 g/mol. The number of amides is 2. The van der Waals surface area contributed by atoms with Crippen molar-refractivity contribution in [3.8, 4) is 0 Å². The summed E-state index contributed by atoms with van der Waals surface area (Å²) in [6.07, 6.45) is 2.63. The van der Waals surface area contributed by atoms with Crippen LogP contribution in [0.4, 0.5) is 5.69 Å². The van der Waals surface area contributed by atoms with Gasteiger partial charge in [0.15, 0.2) is 0 Å². The molecule has 1 saturated heterocycles. The van der Waals surface area contributed by atoms with Gasteiger partial charge in [0.1, 0.15) is 5.82 Å². The summed E-state index contributed by atoms with van der Waals surface area (Å²) >= 11 is 5.91. The highest BCUT2D eigenvalue weighted by Gasteiger charge is 2.34. The highest BCUT2D eigenvalue weighted by Crippen LogP contribution is 2.26. The summed E-state index contributed by atoms with van der Waals surface area (Å²) in [6, 6.07) is 7.03. The number of hydrogen-bond donors (Lipinski definition) is 2. The molecule has 1 aliphatic carbocycles. The molecule has 2 aliphatic rings. The molecule has 0 saturated carbocycles. The number of rotatable bonds is 3. The largest absolute Gasteiger partial charge is 0.351 e. The molecule has 0 bridgehead atoms. The molecular formula is C19H21ClN4O2. The topological polar surface area (TPSA) is 78.1 Å². The van der Waals surface area contributed by atoms with Crippen molar-refractivity contribution in [1.29, 1.82) is 0 Å². The molecule has 1 fully saturated rings. The zero-order chi connectivity index (χ0) is 18.3. The number of aromatic amines is 1. The molecule has 2 aromatic rings. The van der Waals surface area contributed by atoms with Crippen LogP contribution in [0.1, 0.15) is 30.1 Å². The van der Waals surface area contributed by atoms with Gasteiger partial charge in [-0.2, -0.15) is 0 Å². The van der Waals surface area contributed by atoms with E-state index in [9.17, 15) is 9.59 Å². The number of hydrogen-bond acceptors (Lipinski definition) is 3. The number of imidazole rings is 1. The smallest absolute Gasteiger partial charge is 0.229 e. The zero-order valence-corrected chi connectivity index (χ0v) is 15.3. The van der Waals surface area contributed by atoms with E-state index >= 15 is 0 Å². The zero-order valence-electron chi connectivity index (χ0n) is 14.6. The van der Waals surface area contributed by atoms with Crippen molar-refractivity contribution in [1.82, 2.24) is 15.3 Å². The van der Waals surface area contributed by atoms with Crippen molar-refractivity contribution in [3.63, 3.8) is 0 Å². The third-order valence-electron chi connectivity index (χ3n) is 5.14. The Labute approximate surface area is 156 Å².